The molecule has 0 spiro atoms. The third-order valence-corrected chi connectivity index (χ3v) is 3.49. The van der Waals surface area contributed by atoms with Crippen molar-refractivity contribution < 1.29 is 9.50 Å². The Bertz CT molecular complexity index is 554. The minimum absolute atomic E-state index is 0.335. The molecule has 94 valence electrons. The molecule has 0 aliphatic carbocycles. The number of benzene rings is 2. The Morgan fingerprint density at radius 3 is 2.61 bits per heavy atom. The number of rotatable bonds is 3. The predicted octanol–water partition coefficient (Wildman–Crippen LogP) is 4.17. The zero-order valence-electron chi connectivity index (χ0n) is 10.0. The maximum Gasteiger partial charge on any atom is 0.130 e. The molecule has 0 aliphatic rings. The van der Waals surface area contributed by atoms with E-state index in [9.17, 15) is 9.50 Å². The first-order valence-electron chi connectivity index (χ1n) is 5.75. The van der Waals surface area contributed by atoms with Gasteiger partial charge in [-0.25, -0.2) is 4.39 Å². The van der Waals surface area contributed by atoms with E-state index < -0.39 is 6.10 Å². The number of halogens is 2. The fraction of sp³-hybridized carbons (Fsp3) is 0.200. The standard InChI is InChI=1S/C15H14BrFO/c1-10-4-2-3-5-11(10)8-15(18)13-7-6-12(16)9-14(13)17/h2-7,9,15,18H,8H2,1H3. The van der Waals surface area contributed by atoms with Gasteiger partial charge in [0.1, 0.15) is 5.82 Å². The Hall–Kier alpha value is -1.19. The van der Waals surface area contributed by atoms with Crippen molar-refractivity contribution in [1.29, 1.82) is 0 Å². The van der Waals surface area contributed by atoms with Crippen LogP contribution in [0.25, 0.3) is 0 Å². The van der Waals surface area contributed by atoms with E-state index in [2.05, 4.69) is 15.9 Å². The molecule has 1 nitrogen and oxygen atoms in total. The Balaban J connectivity index is 2.22. The van der Waals surface area contributed by atoms with Gasteiger partial charge in [-0.3, -0.25) is 0 Å². The Morgan fingerprint density at radius 1 is 1.22 bits per heavy atom. The van der Waals surface area contributed by atoms with Crippen LogP contribution < -0.4 is 0 Å². The first kappa shape index (κ1) is 13.2. The van der Waals surface area contributed by atoms with E-state index in [-0.39, 0.29) is 5.82 Å². The van der Waals surface area contributed by atoms with Gasteiger partial charge in [0.15, 0.2) is 0 Å². The molecule has 1 N–H and O–H groups in total. The summed E-state index contributed by atoms with van der Waals surface area (Å²) >= 11 is 3.20. The van der Waals surface area contributed by atoms with Crippen LogP contribution in [-0.4, -0.2) is 5.11 Å². The third-order valence-electron chi connectivity index (χ3n) is 3.00. The lowest BCUT2D eigenvalue weighted by molar-refractivity contribution is 0.173. The van der Waals surface area contributed by atoms with E-state index >= 15 is 0 Å². The highest BCUT2D eigenvalue weighted by Crippen LogP contribution is 2.24. The van der Waals surface area contributed by atoms with Gasteiger partial charge in [-0.1, -0.05) is 46.3 Å². The number of aliphatic hydroxyl groups is 1. The van der Waals surface area contributed by atoms with Gasteiger partial charge in [0.25, 0.3) is 0 Å². The molecule has 0 bridgehead atoms. The number of aryl methyl sites for hydroxylation is 1. The van der Waals surface area contributed by atoms with Crippen LogP contribution in [0.1, 0.15) is 22.8 Å². The van der Waals surface area contributed by atoms with Crippen molar-refractivity contribution in [3.63, 3.8) is 0 Å². The molecule has 0 amide bonds. The van der Waals surface area contributed by atoms with E-state index in [1.165, 1.54) is 6.07 Å². The average Bonchev–Trinajstić information content (AvgIpc) is 2.32. The summed E-state index contributed by atoms with van der Waals surface area (Å²) in [6.07, 6.45) is -0.398. The number of hydrogen-bond acceptors (Lipinski definition) is 1. The summed E-state index contributed by atoms with van der Waals surface area (Å²) < 4.78 is 14.4. The van der Waals surface area contributed by atoms with E-state index in [1.54, 1.807) is 12.1 Å². The Morgan fingerprint density at radius 2 is 1.94 bits per heavy atom. The number of hydrogen-bond donors (Lipinski definition) is 1. The molecule has 1 atom stereocenters. The molecule has 0 aliphatic heterocycles. The van der Waals surface area contributed by atoms with Gasteiger partial charge in [0.05, 0.1) is 6.10 Å². The fourth-order valence-electron chi connectivity index (χ4n) is 1.93. The van der Waals surface area contributed by atoms with E-state index in [0.29, 0.717) is 16.5 Å². The van der Waals surface area contributed by atoms with Crippen LogP contribution in [0.4, 0.5) is 4.39 Å². The summed E-state index contributed by atoms with van der Waals surface area (Å²) in [5.74, 6) is -0.384. The maximum absolute atomic E-state index is 13.7. The molecule has 18 heavy (non-hydrogen) atoms. The molecule has 2 aromatic carbocycles. The summed E-state index contributed by atoms with van der Waals surface area (Å²) in [5, 5.41) is 10.1. The highest BCUT2D eigenvalue weighted by atomic mass is 79.9. The molecule has 3 heteroatoms. The zero-order valence-corrected chi connectivity index (χ0v) is 11.6. The van der Waals surface area contributed by atoms with Crippen LogP contribution >= 0.6 is 15.9 Å². The summed E-state index contributed by atoms with van der Waals surface area (Å²) in [4.78, 5) is 0. The Kier molecular flexibility index (Phi) is 4.15. The van der Waals surface area contributed by atoms with Crippen molar-refractivity contribution in [2.75, 3.05) is 0 Å². The van der Waals surface area contributed by atoms with Gasteiger partial charge in [-0.15, -0.1) is 0 Å². The molecule has 1 unspecified atom stereocenters. The monoisotopic (exact) mass is 308 g/mol. The smallest absolute Gasteiger partial charge is 0.130 e. The Labute approximate surface area is 114 Å². The lowest BCUT2D eigenvalue weighted by Crippen LogP contribution is -2.05. The average molecular weight is 309 g/mol. The second-order valence-electron chi connectivity index (χ2n) is 4.31. The van der Waals surface area contributed by atoms with Gasteiger partial charge in [-0.05, 0) is 30.2 Å². The van der Waals surface area contributed by atoms with Crippen molar-refractivity contribution >= 4 is 15.9 Å². The third kappa shape index (κ3) is 2.98. The van der Waals surface area contributed by atoms with E-state index in [1.807, 2.05) is 31.2 Å². The summed E-state index contributed by atoms with van der Waals surface area (Å²) in [6.45, 7) is 1.99. The normalized spacial score (nSPS) is 12.4. The topological polar surface area (TPSA) is 20.2 Å². The molecule has 2 aromatic rings. The van der Waals surface area contributed by atoms with Crippen LogP contribution in [0.2, 0.25) is 0 Å². The van der Waals surface area contributed by atoms with E-state index in [4.69, 9.17) is 0 Å². The van der Waals surface area contributed by atoms with Gasteiger partial charge < -0.3 is 5.11 Å². The first-order valence-corrected chi connectivity index (χ1v) is 6.55. The molecule has 0 saturated carbocycles. The van der Waals surface area contributed by atoms with Gasteiger partial charge in [-0.2, -0.15) is 0 Å². The first-order chi connectivity index (χ1) is 8.58. The molecule has 0 aromatic heterocycles. The van der Waals surface area contributed by atoms with Gasteiger partial charge in [0, 0.05) is 16.5 Å². The van der Waals surface area contributed by atoms with Crippen LogP contribution in [0.15, 0.2) is 46.9 Å². The largest absolute Gasteiger partial charge is 0.388 e. The van der Waals surface area contributed by atoms with Crippen molar-refractivity contribution in [2.45, 2.75) is 19.4 Å². The zero-order chi connectivity index (χ0) is 13.1. The van der Waals surface area contributed by atoms with Crippen molar-refractivity contribution in [2.24, 2.45) is 0 Å². The van der Waals surface area contributed by atoms with Crippen LogP contribution in [0.3, 0.4) is 0 Å². The maximum atomic E-state index is 13.7. The SMILES string of the molecule is Cc1ccccc1CC(O)c1ccc(Br)cc1F. The minimum Gasteiger partial charge on any atom is -0.388 e. The van der Waals surface area contributed by atoms with Gasteiger partial charge >= 0.3 is 0 Å². The highest BCUT2D eigenvalue weighted by Gasteiger charge is 2.14. The van der Waals surface area contributed by atoms with Crippen molar-refractivity contribution in [3.05, 3.63) is 69.4 Å². The fourth-order valence-corrected chi connectivity index (χ4v) is 2.26. The lowest BCUT2D eigenvalue weighted by Gasteiger charge is -2.13. The van der Waals surface area contributed by atoms with Crippen molar-refractivity contribution in [1.82, 2.24) is 0 Å². The van der Waals surface area contributed by atoms with Crippen molar-refractivity contribution in [3.8, 4) is 0 Å². The molecule has 0 saturated heterocycles. The predicted molar refractivity (Wildman–Crippen MR) is 73.9 cm³/mol. The molecular weight excluding hydrogens is 295 g/mol. The number of aliphatic hydroxyl groups excluding tert-OH is 1. The van der Waals surface area contributed by atoms with Gasteiger partial charge in [0.2, 0.25) is 0 Å². The quantitative estimate of drug-likeness (QED) is 0.902. The molecule has 2 rings (SSSR count). The summed E-state index contributed by atoms with van der Waals surface area (Å²) in [7, 11) is 0. The highest BCUT2D eigenvalue weighted by molar-refractivity contribution is 9.10. The molecular formula is C15H14BrFO. The molecule has 0 fully saturated rings. The molecule has 0 heterocycles. The lowest BCUT2D eigenvalue weighted by atomic mass is 9.98. The second-order valence-corrected chi connectivity index (χ2v) is 5.23. The van der Waals surface area contributed by atoms with Crippen LogP contribution in [-0.2, 0) is 6.42 Å². The summed E-state index contributed by atoms with van der Waals surface area (Å²) in [5.41, 5.74) is 2.47. The van der Waals surface area contributed by atoms with Crippen LogP contribution in [0, 0.1) is 12.7 Å². The second kappa shape index (κ2) is 5.63. The summed E-state index contributed by atoms with van der Waals surface area (Å²) in [6, 6.07) is 12.5. The minimum atomic E-state index is -0.820. The van der Waals surface area contributed by atoms with E-state index in [0.717, 1.165) is 11.1 Å². The van der Waals surface area contributed by atoms with Crippen LogP contribution in [0.5, 0.6) is 0 Å². The molecule has 0 radical (unpaired) electrons.